The van der Waals surface area contributed by atoms with Gasteiger partial charge in [0.15, 0.2) is 0 Å². The van der Waals surface area contributed by atoms with Crippen LogP contribution in [0.5, 0.6) is 0 Å². The topological polar surface area (TPSA) is 0 Å². The molecule has 0 aromatic heterocycles. The molecule has 0 saturated heterocycles. The first-order valence-corrected chi connectivity index (χ1v) is 4.18. The van der Waals surface area contributed by atoms with Crippen molar-refractivity contribution in [2.75, 3.05) is 0 Å². The lowest BCUT2D eigenvalue weighted by Crippen LogP contribution is -2.06. The van der Waals surface area contributed by atoms with Crippen molar-refractivity contribution in [2.24, 2.45) is 11.8 Å². The van der Waals surface area contributed by atoms with Crippen molar-refractivity contribution in [3.8, 4) is 11.8 Å². The zero-order chi connectivity index (χ0) is 8.85. The van der Waals surface area contributed by atoms with E-state index in [1.165, 1.54) is 5.57 Å². The first-order chi connectivity index (χ1) is 5.13. The minimum atomic E-state index is 0.483. The molecule has 0 aliphatic rings. The van der Waals surface area contributed by atoms with Crippen molar-refractivity contribution >= 4 is 0 Å². The molecule has 0 amide bonds. The van der Waals surface area contributed by atoms with Crippen LogP contribution in [0, 0.1) is 23.7 Å². The van der Waals surface area contributed by atoms with Crippen molar-refractivity contribution < 1.29 is 0 Å². The lowest BCUT2D eigenvalue weighted by Gasteiger charge is -2.14. The molecule has 0 aromatic rings. The van der Waals surface area contributed by atoms with Gasteiger partial charge in [0.1, 0.15) is 0 Å². The summed E-state index contributed by atoms with van der Waals surface area (Å²) in [5.74, 6) is 7.19. The highest BCUT2D eigenvalue weighted by Gasteiger charge is 2.09. The third-order valence-corrected chi connectivity index (χ3v) is 2.30. The molecule has 62 valence electrons. The van der Waals surface area contributed by atoms with E-state index in [0.29, 0.717) is 11.8 Å². The molecule has 0 radical (unpaired) electrons. The molecular formula is C11H18. The maximum atomic E-state index is 3.17. The van der Waals surface area contributed by atoms with E-state index in [1.807, 2.05) is 6.92 Å². The van der Waals surface area contributed by atoms with E-state index in [0.717, 1.165) is 0 Å². The van der Waals surface area contributed by atoms with Crippen LogP contribution >= 0.6 is 0 Å². The number of hydrogen-bond donors (Lipinski definition) is 0. The predicted octanol–water partition coefficient (Wildman–Crippen LogP) is 3.25. The maximum Gasteiger partial charge on any atom is 0.0237 e. The summed E-state index contributed by atoms with van der Waals surface area (Å²) >= 11 is 0. The molecule has 0 rings (SSSR count). The van der Waals surface area contributed by atoms with Crippen molar-refractivity contribution in [1.29, 1.82) is 0 Å². The van der Waals surface area contributed by atoms with Crippen molar-refractivity contribution in [1.82, 2.24) is 0 Å². The molecule has 2 unspecified atom stereocenters. The summed E-state index contributed by atoms with van der Waals surface area (Å²) < 4.78 is 0. The Bertz CT molecular complexity index is 188. The summed E-state index contributed by atoms with van der Waals surface area (Å²) in [5.41, 5.74) is 1.43. The summed E-state index contributed by atoms with van der Waals surface area (Å²) in [6, 6.07) is 0. The Morgan fingerprint density at radius 1 is 1.36 bits per heavy atom. The van der Waals surface area contributed by atoms with E-state index < -0.39 is 0 Å². The zero-order valence-electron chi connectivity index (χ0n) is 8.23. The second kappa shape index (κ2) is 5.02. The van der Waals surface area contributed by atoms with Crippen LogP contribution < -0.4 is 0 Å². The Balaban J connectivity index is 4.20. The average Bonchev–Trinajstić information content (AvgIpc) is 2.02. The van der Waals surface area contributed by atoms with E-state index in [2.05, 4.69) is 45.6 Å². The Labute approximate surface area is 70.7 Å². The van der Waals surface area contributed by atoms with E-state index in [9.17, 15) is 0 Å². The van der Waals surface area contributed by atoms with Gasteiger partial charge >= 0.3 is 0 Å². The van der Waals surface area contributed by atoms with Gasteiger partial charge in [-0.3, -0.25) is 0 Å². The highest BCUT2D eigenvalue weighted by atomic mass is 14.1. The van der Waals surface area contributed by atoms with Gasteiger partial charge in [0.05, 0.1) is 0 Å². The standard InChI is InChI=1S/C11H18/c1-6-8-10(4)11(5)9(3)7-2/h7,10-11H,1-5H3. The normalized spacial score (nSPS) is 16.6. The molecule has 0 saturated carbocycles. The van der Waals surface area contributed by atoms with Crippen LogP contribution in [0.2, 0.25) is 0 Å². The lowest BCUT2D eigenvalue weighted by atomic mass is 9.90. The maximum absolute atomic E-state index is 3.17. The summed E-state index contributed by atoms with van der Waals surface area (Å²) in [4.78, 5) is 0. The van der Waals surface area contributed by atoms with Gasteiger partial charge in [-0.25, -0.2) is 0 Å². The minimum Gasteiger partial charge on any atom is -0.106 e. The molecule has 11 heavy (non-hydrogen) atoms. The van der Waals surface area contributed by atoms with Crippen LogP contribution in [0.4, 0.5) is 0 Å². The van der Waals surface area contributed by atoms with Gasteiger partial charge in [-0.05, 0) is 26.7 Å². The first kappa shape index (κ1) is 10.3. The third kappa shape index (κ3) is 3.28. The highest BCUT2D eigenvalue weighted by Crippen LogP contribution is 2.18. The fourth-order valence-corrected chi connectivity index (χ4v) is 1.01. The van der Waals surface area contributed by atoms with Gasteiger partial charge in [0, 0.05) is 5.92 Å². The van der Waals surface area contributed by atoms with Gasteiger partial charge in [0.25, 0.3) is 0 Å². The van der Waals surface area contributed by atoms with Crippen LogP contribution in [0.25, 0.3) is 0 Å². The quantitative estimate of drug-likeness (QED) is 0.418. The Morgan fingerprint density at radius 3 is 2.27 bits per heavy atom. The zero-order valence-corrected chi connectivity index (χ0v) is 8.23. The molecule has 0 aliphatic carbocycles. The molecular weight excluding hydrogens is 132 g/mol. The predicted molar refractivity (Wildman–Crippen MR) is 51.2 cm³/mol. The van der Waals surface area contributed by atoms with Crippen LogP contribution in [-0.4, -0.2) is 0 Å². The molecule has 0 spiro atoms. The summed E-state index contributed by atoms with van der Waals surface area (Å²) in [6.07, 6.45) is 2.17. The third-order valence-electron chi connectivity index (χ3n) is 2.30. The Hall–Kier alpha value is -0.700. The largest absolute Gasteiger partial charge is 0.106 e. The van der Waals surface area contributed by atoms with Gasteiger partial charge in [-0.1, -0.05) is 31.4 Å². The van der Waals surface area contributed by atoms with Crippen molar-refractivity contribution in [3.63, 3.8) is 0 Å². The Kier molecular flexibility index (Phi) is 4.70. The molecule has 2 atom stereocenters. The van der Waals surface area contributed by atoms with E-state index in [-0.39, 0.29) is 0 Å². The van der Waals surface area contributed by atoms with Crippen LogP contribution in [0.3, 0.4) is 0 Å². The molecule has 0 N–H and O–H groups in total. The number of rotatable bonds is 2. The van der Waals surface area contributed by atoms with Crippen molar-refractivity contribution in [3.05, 3.63) is 11.6 Å². The molecule has 0 aliphatic heterocycles. The van der Waals surface area contributed by atoms with Crippen LogP contribution in [0.15, 0.2) is 11.6 Å². The summed E-state index contributed by atoms with van der Waals surface area (Å²) in [6.45, 7) is 10.5. The van der Waals surface area contributed by atoms with Crippen molar-refractivity contribution in [2.45, 2.75) is 34.6 Å². The Morgan fingerprint density at radius 2 is 1.91 bits per heavy atom. The van der Waals surface area contributed by atoms with E-state index in [1.54, 1.807) is 0 Å². The lowest BCUT2D eigenvalue weighted by molar-refractivity contribution is 0.545. The number of allylic oxidation sites excluding steroid dienone is 2. The van der Waals surface area contributed by atoms with Gasteiger partial charge in [-0.15, -0.1) is 5.92 Å². The molecule has 0 nitrogen and oxygen atoms in total. The number of hydrogen-bond acceptors (Lipinski definition) is 0. The van der Waals surface area contributed by atoms with E-state index >= 15 is 0 Å². The highest BCUT2D eigenvalue weighted by molar-refractivity contribution is 5.10. The molecule has 0 heteroatoms. The second-order valence-corrected chi connectivity index (χ2v) is 3.00. The fraction of sp³-hybridized carbons (Fsp3) is 0.636. The second-order valence-electron chi connectivity index (χ2n) is 3.00. The molecule has 0 heterocycles. The van der Waals surface area contributed by atoms with Gasteiger partial charge in [0.2, 0.25) is 0 Å². The van der Waals surface area contributed by atoms with E-state index in [4.69, 9.17) is 0 Å². The van der Waals surface area contributed by atoms with Gasteiger partial charge < -0.3 is 0 Å². The SMILES string of the molecule is CC#CC(C)C(C)C(C)=CC. The summed E-state index contributed by atoms with van der Waals surface area (Å²) in [5, 5.41) is 0. The van der Waals surface area contributed by atoms with Gasteiger partial charge in [-0.2, -0.15) is 0 Å². The molecule has 0 bridgehead atoms. The first-order valence-electron chi connectivity index (χ1n) is 4.18. The average molecular weight is 150 g/mol. The smallest absolute Gasteiger partial charge is 0.0237 e. The van der Waals surface area contributed by atoms with Crippen LogP contribution in [-0.2, 0) is 0 Å². The minimum absolute atomic E-state index is 0.483. The monoisotopic (exact) mass is 150 g/mol. The molecule has 0 fully saturated rings. The summed E-state index contributed by atoms with van der Waals surface area (Å²) in [7, 11) is 0. The fourth-order valence-electron chi connectivity index (χ4n) is 1.01. The molecule has 0 aromatic carbocycles. The van der Waals surface area contributed by atoms with Crippen LogP contribution in [0.1, 0.15) is 34.6 Å².